The van der Waals surface area contributed by atoms with Crippen LogP contribution in [0.1, 0.15) is 16.2 Å². The molecule has 0 bridgehead atoms. The van der Waals surface area contributed by atoms with E-state index in [1.54, 1.807) is 31.3 Å². The van der Waals surface area contributed by atoms with Crippen molar-refractivity contribution in [2.45, 2.75) is 11.8 Å². The van der Waals surface area contributed by atoms with Crippen LogP contribution >= 0.6 is 0 Å². The van der Waals surface area contributed by atoms with Gasteiger partial charge in [0.25, 0.3) is 0 Å². The van der Waals surface area contributed by atoms with Gasteiger partial charge in [-0.05, 0) is 25.1 Å². The number of carbonyl (C=O) groups excluding carboxylic acids is 1. The Labute approximate surface area is 95.1 Å². The number of rotatable bonds is 4. The average molecular weight is 237 g/mol. The molecule has 5 heteroatoms. The lowest BCUT2D eigenvalue weighted by Crippen LogP contribution is -2.11. The van der Waals surface area contributed by atoms with Crippen molar-refractivity contribution in [3.63, 3.8) is 0 Å². The van der Waals surface area contributed by atoms with Crippen molar-refractivity contribution >= 4 is 16.6 Å². The number of H-pyrrole nitrogens is 1. The van der Waals surface area contributed by atoms with Crippen LogP contribution in [0.4, 0.5) is 0 Å². The first-order chi connectivity index (χ1) is 7.68. The van der Waals surface area contributed by atoms with Crippen LogP contribution in [-0.4, -0.2) is 20.7 Å². The summed E-state index contributed by atoms with van der Waals surface area (Å²) in [5.41, 5.74) is 0.481. The van der Waals surface area contributed by atoms with Gasteiger partial charge in [0.05, 0.1) is 33.4 Å². The highest BCUT2D eigenvalue weighted by Crippen LogP contribution is 2.14. The molecule has 0 aliphatic heterocycles. The predicted octanol–water partition coefficient (Wildman–Crippen LogP) is 1.91. The van der Waals surface area contributed by atoms with Gasteiger partial charge in [0.2, 0.25) is 0 Å². The normalized spacial score (nSPS) is 12.6. The third kappa shape index (κ3) is 2.14. The second kappa shape index (κ2) is 4.49. The summed E-state index contributed by atoms with van der Waals surface area (Å²) in [4.78, 5) is 15.0. The van der Waals surface area contributed by atoms with E-state index in [1.807, 2.05) is 0 Å². The number of hydrogen-bond donors (Lipinski definition) is 1. The van der Waals surface area contributed by atoms with Crippen LogP contribution in [0.25, 0.3) is 0 Å². The number of Topliss-reactive ketones (excluding diaryl/α,β-unsaturated/α-hetero) is 1. The van der Waals surface area contributed by atoms with Crippen LogP contribution in [0.5, 0.6) is 0 Å². The first kappa shape index (κ1) is 10.9. The van der Waals surface area contributed by atoms with Gasteiger partial charge < -0.3 is 9.40 Å². The van der Waals surface area contributed by atoms with Crippen LogP contribution in [0, 0.1) is 6.92 Å². The van der Waals surface area contributed by atoms with E-state index in [2.05, 4.69) is 4.98 Å². The molecule has 0 saturated carbocycles. The van der Waals surface area contributed by atoms with Gasteiger partial charge in [-0.15, -0.1) is 0 Å². The van der Waals surface area contributed by atoms with Gasteiger partial charge in [0, 0.05) is 6.20 Å². The molecule has 0 radical (unpaired) electrons. The SMILES string of the molecule is Cc1occc1[S@](=O)CC(=O)c1ccc[nH]1. The quantitative estimate of drug-likeness (QED) is 0.826. The molecular weight excluding hydrogens is 226 g/mol. The van der Waals surface area contributed by atoms with Gasteiger partial charge in [0.15, 0.2) is 5.78 Å². The Balaban J connectivity index is 2.09. The zero-order chi connectivity index (χ0) is 11.5. The van der Waals surface area contributed by atoms with Crippen molar-refractivity contribution in [3.05, 3.63) is 42.1 Å². The summed E-state index contributed by atoms with van der Waals surface area (Å²) >= 11 is 0. The van der Waals surface area contributed by atoms with Gasteiger partial charge in [-0.2, -0.15) is 0 Å². The van der Waals surface area contributed by atoms with Crippen LogP contribution in [0.15, 0.2) is 40.0 Å². The largest absolute Gasteiger partial charge is 0.468 e. The van der Waals surface area contributed by atoms with E-state index in [0.29, 0.717) is 16.3 Å². The number of aromatic amines is 1. The average Bonchev–Trinajstić information content (AvgIpc) is 2.86. The Hall–Kier alpha value is -1.62. The fourth-order valence-electron chi connectivity index (χ4n) is 1.39. The smallest absolute Gasteiger partial charge is 0.191 e. The van der Waals surface area contributed by atoms with Crippen molar-refractivity contribution in [2.75, 3.05) is 5.75 Å². The Morgan fingerprint density at radius 2 is 2.31 bits per heavy atom. The number of ketones is 1. The molecule has 0 aliphatic rings. The highest BCUT2D eigenvalue weighted by atomic mass is 32.2. The first-order valence-electron chi connectivity index (χ1n) is 4.77. The molecule has 2 aromatic heterocycles. The molecule has 16 heavy (non-hydrogen) atoms. The monoisotopic (exact) mass is 237 g/mol. The summed E-state index contributed by atoms with van der Waals surface area (Å²) in [6.07, 6.45) is 3.14. The molecule has 0 unspecified atom stereocenters. The minimum atomic E-state index is -1.34. The number of nitrogens with one attached hydrogen (secondary N) is 1. The molecule has 2 aromatic rings. The first-order valence-corrected chi connectivity index (χ1v) is 6.09. The summed E-state index contributed by atoms with van der Waals surface area (Å²) in [5.74, 6) is 0.405. The highest BCUT2D eigenvalue weighted by Gasteiger charge is 2.15. The number of aromatic nitrogens is 1. The van der Waals surface area contributed by atoms with E-state index >= 15 is 0 Å². The Kier molecular flexibility index (Phi) is 3.05. The van der Waals surface area contributed by atoms with Crippen molar-refractivity contribution in [2.24, 2.45) is 0 Å². The Morgan fingerprint density at radius 1 is 1.50 bits per heavy atom. The van der Waals surface area contributed by atoms with E-state index in [1.165, 1.54) is 6.26 Å². The van der Waals surface area contributed by atoms with Crippen LogP contribution < -0.4 is 0 Å². The number of hydrogen-bond acceptors (Lipinski definition) is 3. The number of furan rings is 1. The summed E-state index contributed by atoms with van der Waals surface area (Å²) < 4.78 is 16.9. The molecule has 1 N–H and O–H groups in total. The fourth-order valence-corrected chi connectivity index (χ4v) is 2.51. The number of carbonyl (C=O) groups is 1. The third-order valence-corrected chi connectivity index (χ3v) is 3.66. The van der Waals surface area contributed by atoms with Gasteiger partial charge >= 0.3 is 0 Å². The van der Waals surface area contributed by atoms with Crippen molar-refractivity contribution in [3.8, 4) is 0 Å². The van der Waals surface area contributed by atoms with Crippen LogP contribution in [0.2, 0.25) is 0 Å². The van der Waals surface area contributed by atoms with E-state index < -0.39 is 10.8 Å². The highest BCUT2D eigenvalue weighted by molar-refractivity contribution is 7.85. The van der Waals surface area contributed by atoms with E-state index in [9.17, 15) is 9.00 Å². The molecule has 0 spiro atoms. The maximum atomic E-state index is 11.8. The van der Waals surface area contributed by atoms with Crippen molar-refractivity contribution in [1.82, 2.24) is 4.98 Å². The molecule has 84 valence electrons. The lowest BCUT2D eigenvalue weighted by molar-refractivity contribution is 0.101. The Bertz CT molecular complexity index is 513. The van der Waals surface area contributed by atoms with Crippen molar-refractivity contribution < 1.29 is 13.4 Å². The zero-order valence-corrected chi connectivity index (χ0v) is 9.54. The molecule has 0 aromatic carbocycles. The van der Waals surface area contributed by atoms with E-state index in [0.717, 1.165) is 0 Å². The van der Waals surface area contributed by atoms with Gasteiger partial charge in [0.1, 0.15) is 5.76 Å². The molecule has 2 rings (SSSR count). The summed E-state index contributed by atoms with van der Waals surface area (Å²) in [5, 5.41) is 0. The molecular formula is C11H11NO3S. The second-order valence-corrected chi connectivity index (χ2v) is 4.76. The zero-order valence-electron chi connectivity index (χ0n) is 8.73. The van der Waals surface area contributed by atoms with Gasteiger partial charge in [-0.1, -0.05) is 0 Å². The third-order valence-electron chi connectivity index (χ3n) is 2.22. The lowest BCUT2D eigenvalue weighted by Gasteiger charge is -1.98. The maximum Gasteiger partial charge on any atom is 0.191 e. The minimum Gasteiger partial charge on any atom is -0.468 e. The molecule has 1 atom stereocenters. The summed E-state index contributed by atoms with van der Waals surface area (Å²) in [6.45, 7) is 1.73. The predicted molar refractivity (Wildman–Crippen MR) is 59.8 cm³/mol. The molecule has 0 aliphatic carbocycles. The molecule has 0 saturated heterocycles. The topological polar surface area (TPSA) is 63.1 Å². The minimum absolute atomic E-state index is 0.0269. The van der Waals surface area contributed by atoms with E-state index in [-0.39, 0.29) is 11.5 Å². The van der Waals surface area contributed by atoms with Crippen LogP contribution in [-0.2, 0) is 10.8 Å². The Morgan fingerprint density at radius 3 is 2.88 bits per heavy atom. The van der Waals surface area contributed by atoms with Crippen LogP contribution in [0.3, 0.4) is 0 Å². The summed E-state index contributed by atoms with van der Waals surface area (Å²) in [7, 11) is -1.34. The fraction of sp³-hybridized carbons (Fsp3) is 0.182. The maximum absolute atomic E-state index is 11.8. The number of aryl methyl sites for hydroxylation is 1. The van der Waals surface area contributed by atoms with Crippen molar-refractivity contribution in [1.29, 1.82) is 0 Å². The van der Waals surface area contributed by atoms with Gasteiger partial charge in [-0.25, -0.2) is 0 Å². The molecule has 2 heterocycles. The molecule has 4 nitrogen and oxygen atoms in total. The van der Waals surface area contributed by atoms with E-state index in [4.69, 9.17) is 4.42 Å². The summed E-state index contributed by atoms with van der Waals surface area (Å²) in [6, 6.07) is 5.04. The molecule has 0 amide bonds. The standard InChI is InChI=1S/C11H11NO3S/c1-8-11(4-6-15-8)16(14)7-10(13)9-3-2-5-12-9/h2-6,12H,7H2,1H3/t16-/m1/s1. The lowest BCUT2D eigenvalue weighted by atomic mass is 10.3. The van der Waals surface area contributed by atoms with Gasteiger partial charge in [-0.3, -0.25) is 9.00 Å². The second-order valence-electron chi connectivity index (χ2n) is 3.34. The molecule has 0 fully saturated rings.